The molecule has 0 aliphatic carbocycles. The lowest BCUT2D eigenvalue weighted by Crippen LogP contribution is -2.16. The Morgan fingerprint density at radius 1 is 0.875 bits per heavy atom. The molecule has 0 bridgehead atoms. The number of nitrogens with zero attached hydrogens (tertiary/aromatic N) is 1. The molecule has 0 unspecified atom stereocenters. The standard InChI is InChI=1S/C14H7F7N2O/c15-9-8(14(19,20)21)10(16)12(18)13(11(9)17)23-22-5-6-1-3-7(24)4-2-6/h1-5,23-24H. The number of phenols is 1. The average Bonchev–Trinajstić information content (AvgIpc) is 2.49. The molecule has 2 aromatic rings. The van der Waals surface area contributed by atoms with Crippen molar-refractivity contribution in [2.24, 2.45) is 5.10 Å². The summed E-state index contributed by atoms with van der Waals surface area (Å²) in [5, 5.41) is 12.3. The summed E-state index contributed by atoms with van der Waals surface area (Å²) >= 11 is 0. The third-order valence-electron chi connectivity index (χ3n) is 2.83. The fourth-order valence-electron chi connectivity index (χ4n) is 1.71. The van der Waals surface area contributed by atoms with Gasteiger partial charge in [-0.25, -0.2) is 17.6 Å². The van der Waals surface area contributed by atoms with Crippen LogP contribution in [0, 0.1) is 23.3 Å². The van der Waals surface area contributed by atoms with Crippen LogP contribution in [0.15, 0.2) is 29.4 Å². The maximum Gasteiger partial charge on any atom is 0.422 e. The van der Waals surface area contributed by atoms with Gasteiger partial charge in [0.15, 0.2) is 23.3 Å². The topological polar surface area (TPSA) is 44.6 Å². The molecule has 0 atom stereocenters. The molecule has 0 amide bonds. The van der Waals surface area contributed by atoms with Gasteiger partial charge in [-0.1, -0.05) is 0 Å². The van der Waals surface area contributed by atoms with Crippen LogP contribution in [0.3, 0.4) is 0 Å². The zero-order valence-electron chi connectivity index (χ0n) is 11.4. The van der Waals surface area contributed by atoms with E-state index in [-0.39, 0.29) is 5.75 Å². The molecule has 0 aliphatic rings. The third kappa shape index (κ3) is 3.42. The number of benzene rings is 2. The van der Waals surface area contributed by atoms with Crippen LogP contribution in [-0.2, 0) is 6.18 Å². The van der Waals surface area contributed by atoms with Crippen molar-refractivity contribution in [2.45, 2.75) is 6.18 Å². The molecule has 0 aliphatic heterocycles. The van der Waals surface area contributed by atoms with E-state index in [4.69, 9.17) is 5.11 Å². The molecular formula is C14H7F7N2O. The molecule has 2 N–H and O–H groups in total. The Bertz CT molecular complexity index is 756. The molecule has 10 heteroatoms. The number of halogens is 7. The predicted octanol–water partition coefficient (Wildman–Crippen LogP) is 4.41. The van der Waals surface area contributed by atoms with Crippen LogP contribution >= 0.6 is 0 Å². The van der Waals surface area contributed by atoms with Crippen molar-refractivity contribution in [1.29, 1.82) is 0 Å². The number of hydrazone groups is 1. The van der Waals surface area contributed by atoms with Crippen LogP contribution in [0.25, 0.3) is 0 Å². The van der Waals surface area contributed by atoms with Crippen LogP contribution < -0.4 is 5.43 Å². The molecule has 0 saturated carbocycles. The summed E-state index contributed by atoms with van der Waals surface area (Å²) in [5.41, 5.74) is -2.23. The number of hydrogen-bond donors (Lipinski definition) is 2. The minimum absolute atomic E-state index is 0.0657. The van der Waals surface area contributed by atoms with Crippen LogP contribution in [0.5, 0.6) is 5.75 Å². The zero-order chi connectivity index (χ0) is 18.1. The van der Waals surface area contributed by atoms with Crippen LogP contribution in [0.1, 0.15) is 11.1 Å². The first-order chi connectivity index (χ1) is 11.1. The van der Waals surface area contributed by atoms with E-state index < -0.39 is 40.7 Å². The van der Waals surface area contributed by atoms with Gasteiger partial charge in [0.05, 0.1) is 6.21 Å². The number of alkyl halides is 3. The average molecular weight is 352 g/mol. The second-order valence-electron chi connectivity index (χ2n) is 4.47. The highest BCUT2D eigenvalue weighted by atomic mass is 19.4. The van der Waals surface area contributed by atoms with Crippen molar-refractivity contribution in [3.63, 3.8) is 0 Å². The number of aromatic hydroxyl groups is 1. The van der Waals surface area contributed by atoms with E-state index in [2.05, 4.69) is 5.10 Å². The van der Waals surface area contributed by atoms with Gasteiger partial charge in [0.1, 0.15) is 17.0 Å². The Balaban J connectivity index is 2.36. The molecule has 0 heterocycles. The molecule has 0 saturated heterocycles. The van der Waals surface area contributed by atoms with E-state index in [1.54, 1.807) is 5.43 Å². The first-order valence-corrected chi connectivity index (χ1v) is 6.14. The summed E-state index contributed by atoms with van der Waals surface area (Å²) in [4.78, 5) is 0. The lowest BCUT2D eigenvalue weighted by atomic mass is 10.1. The molecule has 0 fully saturated rings. The van der Waals surface area contributed by atoms with Crippen molar-refractivity contribution in [2.75, 3.05) is 5.43 Å². The summed E-state index contributed by atoms with van der Waals surface area (Å²) in [6, 6.07) is 5.22. The highest BCUT2D eigenvalue weighted by Crippen LogP contribution is 2.38. The van der Waals surface area contributed by atoms with Gasteiger partial charge < -0.3 is 5.11 Å². The van der Waals surface area contributed by atoms with E-state index in [0.29, 0.717) is 5.56 Å². The molecular weight excluding hydrogens is 345 g/mol. The van der Waals surface area contributed by atoms with Crippen LogP contribution in [0.4, 0.5) is 36.4 Å². The second-order valence-corrected chi connectivity index (χ2v) is 4.47. The Morgan fingerprint density at radius 2 is 1.38 bits per heavy atom. The smallest absolute Gasteiger partial charge is 0.422 e. The molecule has 3 nitrogen and oxygen atoms in total. The highest BCUT2D eigenvalue weighted by Gasteiger charge is 2.42. The molecule has 0 radical (unpaired) electrons. The van der Waals surface area contributed by atoms with Gasteiger partial charge in [0, 0.05) is 0 Å². The number of rotatable bonds is 3. The van der Waals surface area contributed by atoms with E-state index in [1.165, 1.54) is 24.3 Å². The van der Waals surface area contributed by atoms with Gasteiger partial charge >= 0.3 is 6.18 Å². The molecule has 128 valence electrons. The minimum Gasteiger partial charge on any atom is -0.508 e. The van der Waals surface area contributed by atoms with Crippen LogP contribution in [-0.4, -0.2) is 11.3 Å². The lowest BCUT2D eigenvalue weighted by molar-refractivity contribution is -0.143. The minimum atomic E-state index is -5.61. The zero-order valence-corrected chi connectivity index (χ0v) is 11.4. The summed E-state index contributed by atoms with van der Waals surface area (Å²) in [7, 11) is 0. The summed E-state index contributed by atoms with van der Waals surface area (Å²) < 4.78 is 91.1. The number of hydrogen-bond acceptors (Lipinski definition) is 3. The van der Waals surface area contributed by atoms with Gasteiger partial charge in [-0.3, -0.25) is 5.43 Å². The summed E-state index contributed by atoms with van der Waals surface area (Å²) in [6.07, 6.45) is -4.64. The van der Waals surface area contributed by atoms with E-state index >= 15 is 0 Å². The maximum absolute atomic E-state index is 13.6. The van der Waals surface area contributed by atoms with Crippen molar-refractivity contribution < 1.29 is 35.8 Å². The molecule has 0 spiro atoms. The van der Waals surface area contributed by atoms with E-state index in [1.807, 2.05) is 0 Å². The summed E-state index contributed by atoms with van der Waals surface area (Å²) in [5.74, 6) is -9.75. The Labute approximate surface area is 130 Å². The monoisotopic (exact) mass is 352 g/mol. The fourth-order valence-corrected chi connectivity index (χ4v) is 1.71. The normalized spacial score (nSPS) is 12.0. The SMILES string of the molecule is Oc1ccc(C=NNc2c(F)c(F)c(C(F)(F)F)c(F)c2F)cc1. The van der Waals surface area contributed by atoms with E-state index in [0.717, 1.165) is 6.21 Å². The molecule has 24 heavy (non-hydrogen) atoms. The van der Waals surface area contributed by atoms with Gasteiger partial charge in [-0.05, 0) is 29.8 Å². The van der Waals surface area contributed by atoms with Crippen LogP contribution in [0.2, 0.25) is 0 Å². The van der Waals surface area contributed by atoms with E-state index in [9.17, 15) is 30.7 Å². The van der Waals surface area contributed by atoms with Crippen molar-refractivity contribution in [3.05, 3.63) is 58.7 Å². The van der Waals surface area contributed by atoms with Crippen molar-refractivity contribution in [3.8, 4) is 5.75 Å². The maximum atomic E-state index is 13.6. The summed E-state index contributed by atoms with van der Waals surface area (Å²) in [6.45, 7) is 0. The number of nitrogens with one attached hydrogen (secondary N) is 1. The molecule has 2 aromatic carbocycles. The Kier molecular flexibility index (Phi) is 4.67. The number of anilines is 1. The third-order valence-corrected chi connectivity index (χ3v) is 2.83. The van der Waals surface area contributed by atoms with Crippen molar-refractivity contribution in [1.82, 2.24) is 0 Å². The quantitative estimate of drug-likeness (QED) is 0.372. The van der Waals surface area contributed by atoms with Gasteiger partial charge in [-0.2, -0.15) is 18.3 Å². The van der Waals surface area contributed by atoms with Gasteiger partial charge in [-0.15, -0.1) is 0 Å². The van der Waals surface area contributed by atoms with Gasteiger partial charge in [0.2, 0.25) is 0 Å². The second kappa shape index (κ2) is 6.38. The van der Waals surface area contributed by atoms with Gasteiger partial charge in [0.25, 0.3) is 0 Å². The number of phenolic OH excluding ortho intramolecular Hbond substituents is 1. The van der Waals surface area contributed by atoms with Crippen molar-refractivity contribution >= 4 is 11.9 Å². The Morgan fingerprint density at radius 3 is 1.83 bits per heavy atom. The largest absolute Gasteiger partial charge is 0.508 e. The molecule has 2 rings (SSSR count). The first kappa shape index (κ1) is 17.6. The highest BCUT2D eigenvalue weighted by molar-refractivity contribution is 5.80. The fraction of sp³-hybridized carbons (Fsp3) is 0.0714. The lowest BCUT2D eigenvalue weighted by Gasteiger charge is -2.13. The predicted molar refractivity (Wildman–Crippen MR) is 70.6 cm³/mol. The Hall–Kier alpha value is -2.78. The first-order valence-electron chi connectivity index (χ1n) is 6.14. The molecule has 0 aromatic heterocycles.